The third kappa shape index (κ3) is 4.34. The highest BCUT2D eigenvalue weighted by Crippen LogP contribution is 2.16. The number of rotatable bonds is 3. The number of hydrogen-bond acceptors (Lipinski definition) is 3. The number of nitrogens with zero attached hydrogens (tertiary/aromatic N) is 1. The van der Waals surface area contributed by atoms with Gasteiger partial charge in [-0.15, -0.1) is 24.0 Å². The topological polar surface area (TPSA) is 37.4 Å². The molecule has 86 valence electrons. The Morgan fingerprint density at radius 1 is 1.36 bits per heavy atom. The van der Waals surface area contributed by atoms with E-state index < -0.39 is 9.84 Å². The van der Waals surface area contributed by atoms with E-state index in [1.165, 1.54) is 6.26 Å². The summed E-state index contributed by atoms with van der Waals surface area (Å²) in [5.41, 5.74) is 0. The summed E-state index contributed by atoms with van der Waals surface area (Å²) >= 11 is 5.60. The Morgan fingerprint density at radius 3 is 2.21 bits per heavy atom. The minimum atomic E-state index is -2.82. The Kier molecular flexibility index (Phi) is 6.37. The van der Waals surface area contributed by atoms with E-state index in [1.807, 2.05) is 0 Å². The molecule has 6 heteroatoms. The fraction of sp³-hybridized carbons (Fsp3) is 1.00. The number of likely N-dealkylation sites (tertiary alicyclic amines) is 1. The van der Waals surface area contributed by atoms with Crippen molar-refractivity contribution in [1.29, 1.82) is 0 Å². The molecule has 0 saturated carbocycles. The van der Waals surface area contributed by atoms with Gasteiger partial charge >= 0.3 is 0 Å². The predicted octanol–water partition coefficient (Wildman–Crippen LogP) is 1.16. The number of piperidine rings is 1. The molecule has 0 atom stereocenters. The van der Waals surface area contributed by atoms with Gasteiger partial charge in [-0.05, 0) is 25.9 Å². The van der Waals surface area contributed by atoms with Crippen molar-refractivity contribution < 1.29 is 8.42 Å². The number of hydrogen-bond donors (Lipinski definition) is 0. The van der Waals surface area contributed by atoms with E-state index in [0.29, 0.717) is 5.88 Å². The fourth-order valence-corrected chi connectivity index (χ4v) is 2.99. The smallest absolute Gasteiger partial charge is 0.150 e. The molecule has 0 amide bonds. The molecule has 0 N–H and O–H groups in total. The number of sulfone groups is 1. The van der Waals surface area contributed by atoms with E-state index in [0.717, 1.165) is 32.5 Å². The summed E-state index contributed by atoms with van der Waals surface area (Å²) in [7, 11) is -2.82. The van der Waals surface area contributed by atoms with Gasteiger partial charge in [-0.3, -0.25) is 0 Å². The maximum Gasteiger partial charge on any atom is 0.150 e. The fourth-order valence-electron chi connectivity index (χ4n) is 1.68. The Labute approximate surface area is 97.1 Å². The van der Waals surface area contributed by atoms with Crippen LogP contribution >= 0.6 is 24.0 Å². The summed E-state index contributed by atoms with van der Waals surface area (Å²) in [5, 5.41) is -0.126. The lowest BCUT2D eigenvalue weighted by molar-refractivity contribution is 0.243. The summed E-state index contributed by atoms with van der Waals surface area (Å²) in [6.07, 6.45) is 2.85. The number of halogens is 2. The van der Waals surface area contributed by atoms with Gasteiger partial charge in [0, 0.05) is 18.7 Å². The average Bonchev–Trinajstić information content (AvgIpc) is 2.04. The van der Waals surface area contributed by atoms with E-state index in [2.05, 4.69) is 4.90 Å². The standard InChI is InChI=1S/C8H16ClNO2S.ClH/c1-13(11,12)8-2-5-10(6-3-8)7-4-9;/h8H,2-7H2,1H3;1H. The van der Waals surface area contributed by atoms with Gasteiger partial charge in [0.15, 0.2) is 0 Å². The Bertz CT molecular complexity index is 248. The summed E-state index contributed by atoms with van der Waals surface area (Å²) in [4.78, 5) is 2.22. The largest absolute Gasteiger partial charge is 0.302 e. The first-order valence-electron chi connectivity index (χ1n) is 4.51. The highest BCUT2D eigenvalue weighted by atomic mass is 35.5. The molecule has 1 rings (SSSR count). The molecule has 0 aromatic carbocycles. The summed E-state index contributed by atoms with van der Waals surface area (Å²) < 4.78 is 22.4. The van der Waals surface area contributed by atoms with E-state index >= 15 is 0 Å². The van der Waals surface area contributed by atoms with Crippen LogP contribution in [0.1, 0.15) is 12.8 Å². The van der Waals surface area contributed by atoms with E-state index in [-0.39, 0.29) is 17.7 Å². The van der Waals surface area contributed by atoms with Gasteiger partial charge < -0.3 is 4.90 Å². The van der Waals surface area contributed by atoms with E-state index in [1.54, 1.807) is 0 Å². The molecule has 1 aliphatic heterocycles. The highest BCUT2D eigenvalue weighted by Gasteiger charge is 2.25. The summed E-state index contributed by atoms with van der Waals surface area (Å²) in [6, 6.07) is 0. The molecule has 1 aliphatic rings. The Hall–Kier alpha value is 0.490. The lowest BCUT2D eigenvalue weighted by atomic mass is 10.1. The van der Waals surface area contributed by atoms with Crippen molar-refractivity contribution in [3.8, 4) is 0 Å². The summed E-state index contributed by atoms with van der Waals surface area (Å²) in [5.74, 6) is 0.629. The van der Waals surface area contributed by atoms with E-state index in [9.17, 15) is 8.42 Å². The van der Waals surface area contributed by atoms with Gasteiger partial charge in [-0.1, -0.05) is 0 Å². The lowest BCUT2D eigenvalue weighted by Gasteiger charge is -2.30. The zero-order valence-electron chi connectivity index (χ0n) is 8.28. The van der Waals surface area contributed by atoms with Crippen LogP contribution < -0.4 is 0 Å². The van der Waals surface area contributed by atoms with Gasteiger partial charge in [0.25, 0.3) is 0 Å². The highest BCUT2D eigenvalue weighted by molar-refractivity contribution is 7.91. The molecule has 0 unspecified atom stereocenters. The second-order valence-corrected chi connectivity index (χ2v) is 6.26. The first-order valence-corrected chi connectivity index (χ1v) is 7.00. The lowest BCUT2D eigenvalue weighted by Crippen LogP contribution is -2.39. The zero-order chi connectivity index (χ0) is 9.90. The summed E-state index contributed by atoms with van der Waals surface area (Å²) in [6.45, 7) is 2.60. The van der Waals surface area contributed by atoms with Gasteiger partial charge in [0.2, 0.25) is 0 Å². The Balaban J connectivity index is 0.00000169. The third-order valence-corrected chi connectivity index (χ3v) is 4.39. The second kappa shape index (κ2) is 6.16. The number of alkyl halides is 1. The van der Waals surface area contributed by atoms with Crippen LogP contribution in [-0.4, -0.2) is 50.3 Å². The van der Waals surface area contributed by atoms with Crippen molar-refractivity contribution in [3.63, 3.8) is 0 Å². The van der Waals surface area contributed by atoms with Crippen molar-refractivity contribution in [2.45, 2.75) is 18.1 Å². The van der Waals surface area contributed by atoms with Crippen molar-refractivity contribution in [3.05, 3.63) is 0 Å². The minimum Gasteiger partial charge on any atom is -0.302 e. The molecule has 3 nitrogen and oxygen atoms in total. The van der Waals surface area contributed by atoms with Crippen molar-refractivity contribution >= 4 is 33.8 Å². The molecular formula is C8H17Cl2NO2S. The van der Waals surface area contributed by atoms with Crippen LogP contribution in [0.5, 0.6) is 0 Å². The maximum atomic E-state index is 11.2. The van der Waals surface area contributed by atoms with Crippen LogP contribution in [0.3, 0.4) is 0 Å². The first-order chi connectivity index (χ1) is 6.04. The molecule has 0 radical (unpaired) electrons. The minimum absolute atomic E-state index is 0. The van der Waals surface area contributed by atoms with Gasteiger partial charge in [-0.2, -0.15) is 0 Å². The van der Waals surface area contributed by atoms with Crippen LogP contribution in [0.4, 0.5) is 0 Å². The normalized spacial score (nSPS) is 20.4. The van der Waals surface area contributed by atoms with Crippen LogP contribution in [-0.2, 0) is 9.84 Å². The quantitative estimate of drug-likeness (QED) is 0.716. The molecule has 1 heterocycles. The van der Waals surface area contributed by atoms with Crippen molar-refractivity contribution in [2.24, 2.45) is 0 Å². The zero-order valence-corrected chi connectivity index (χ0v) is 10.7. The van der Waals surface area contributed by atoms with Crippen LogP contribution in [0.2, 0.25) is 0 Å². The monoisotopic (exact) mass is 261 g/mol. The predicted molar refractivity (Wildman–Crippen MR) is 62.3 cm³/mol. The van der Waals surface area contributed by atoms with Gasteiger partial charge in [0.1, 0.15) is 9.84 Å². The van der Waals surface area contributed by atoms with E-state index in [4.69, 9.17) is 11.6 Å². The van der Waals surface area contributed by atoms with Crippen LogP contribution in [0.25, 0.3) is 0 Å². The van der Waals surface area contributed by atoms with Crippen molar-refractivity contribution in [2.75, 3.05) is 31.8 Å². The van der Waals surface area contributed by atoms with Crippen LogP contribution in [0, 0.1) is 0 Å². The maximum absolute atomic E-state index is 11.2. The molecule has 0 spiro atoms. The molecule has 0 aromatic rings. The van der Waals surface area contributed by atoms with Gasteiger partial charge in [-0.25, -0.2) is 8.42 Å². The SMILES string of the molecule is CS(=O)(=O)C1CCN(CCCl)CC1.Cl. The van der Waals surface area contributed by atoms with Crippen molar-refractivity contribution in [1.82, 2.24) is 4.90 Å². The molecule has 14 heavy (non-hydrogen) atoms. The molecule has 0 aromatic heterocycles. The molecule has 0 aliphatic carbocycles. The third-order valence-electron chi connectivity index (χ3n) is 2.54. The van der Waals surface area contributed by atoms with Crippen LogP contribution in [0.15, 0.2) is 0 Å². The first kappa shape index (κ1) is 14.5. The molecule has 1 fully saturated rings. The Morgan fingerprint density at radius 2 is 1.86 bits per heavy atom. The average molecular weight is 262 g/mol. The molecule has 0 bridgehead atoms. The molecular weight excluding hydrogens is 245 g/mol. The van der Waals surface area contributed by atoms with Gasteiger partial charge in [0.05, 0.1) is 5.25 Å². The second-order valence-electron chi connectivity index (χ2n) is 3.56. The molecule has 1 saturated heterocycles.